The van der Waals surface area contributed by atoms with Crippen LogP contribution in [0.5, 0.6) is 0 Å². The molecule has 0 saturated carbocycles. The molecule has 4 heteroatoms. The Bertz CT molecular complexity index is 470. The van der Waals surface area contributed by atoms with Gasteiger partial charge in [0.1, 0.15) is 0 Å². The van der Waals surface area contributed by atoms with Crippen molar-refractivity contribution in [2.75, 3.05) is 7.05 Å². The molecule has 0 fully saturated rings. The molecular weight excluding hydrogens is 300 g/mol. The molecule has 1 rings (SSSR count). The number of amides is 1. The quantitative estimate of drug-likeness (QED) is 0.475. The first kappa shape index (κ1) is 20.7. The van der Waals surface area contributed by atoms with E-state index in [2.05, 4.69) is 31.2 Å². The summed E-state index contributed by atoms with van der Waals surface area (Å²) in [6.45, 7) is 6.75. The number of hydrogen-bond donors (Lipinski definition) is 1. The summed E-state index contributed by atoms with van der Waals surface area (Å²) in [4.78, 5) is 12.1. The predicted octanol–water partition coefficient (Wildman–Crippen LogP) is 5.62. The Kier molecular flexibility index (Phi) is 9.73. The Morgan fingerprint density at radius 3 is 2.12 bits per heavy atom. The van der Waals surface area contributed by atoms with Crippen molar-refractivity contribution in [3.05, 3.63) is 17.5 Å². The van der Waals surface area contributed by atoms with Crippen LogP contribution < -0.4 is 5.32 Å². The molecule has 0 bridgehead atoms. The molecular formula is C20H36N2O2. The summed E-state index contributed by atoms with van der Waals surface area (Å²) in [7, 11) is 1.64. The highest BCUT2D eigenvalue weighted by Gasteiger charge is 2.33. The van der Waals surface area contributed by atoms with E-state index < -0.39 is 0 Å². The third-order valence-corrected chi connectivity index (χ3v) is 5.07. The molecule has 4 nitrogen and oxygen atoms in total. The molecule has 0 radical (unpaired) electrons. The van der Waals surface area contributed by atoms with E-state index in [1.165, 1.54) is 57.8 Å². The number of carbonyl (C=O) groups excluding carboxylic acids is 1. The first-order valence-corrected chi connectivity index (χ1v) is 9.76. The topological polar surface area (TPSA) is 55.1 Å². The minimum absolute atomic E-state index is 0.0260. The number of nitrogens with one attached hydrogen (secondary N) is 1. The van der Waals surface area contributed by atoms with Gasteiger partial charge in [-0.3, -0.25) is 4.79 Å². The highest BCUT2D eigenvalue weighted by atomic mass is 16.5. The van der Waals surface area contributed by atoms with E-state index in [9.17, 15) is 4.79 Å². The largest absolute Gasteiger partial charge is 0.352 e. The standard InChI is InChI=1S/C20H36N2O2/c1-5-7-9-11-13-15-20(3,14-12-10-8-6-2)17-16-22-24-18(17)19(23)21-4/h16H,5-15H2,1-4H3,(H,21,23). The van der Waals surface area contributed by atoms with Gasteiger partial charge >= 0.3 is 0 Å². The highest BCUT2D eigenvalue weighted by Crippen LogP contribution is 2.37. The van der Waals surface area contributed by atoms with Gasteiger partial charge in [-0.05, 0) is 18.3 Å². The molecule has 1 heterocycles. The molecule has 0 spiro atoms. The van der Waals surface area contributed by atoms with Crippen LogP contribution in [0.15, 0.2) is 10.7 Å². The highest BCUT2D eigenvalue weighted by molar-refractivity contribution is 5.92. The lowest BCUT2D eigenvalue weighted by Crippen LogP contribution is -2.27. The van der Waals surface area contributed by atoms with E-state index in [0.29, 0.717) is 5.76 Å². The zero-order valence-corrected chi connectivity index (χ0v) is 16.1. The lowest BCUT2D eigenvalue weighted by Gasteiger charge is -2.29. The first-order valence-electron chi connectivity index (χ1n) is 9.76. The molecule has 1 atom stereocenters. The Morgan fingerprint density at radius 2 is 1.58 bits per heavy atom. The van der Waals surface area contributed by atoms with Gasteiger partial charge in [0, 0.05) is 12.6 Å². The van der Waals surface area contributed by atoms with E-state index in [0.717, 1.165) is 18.4 Å². The molecule has 1 aromatic rings. The molecule has 1 N–H and O–H groups in total. The zero-order valence-electron chi connectivity index (χ0n) is 16.1. The average Bonchev–Trinajstić information content (AvgIpc) is 3.08. The van der Waals surface area contributed by atoms with Crippen molar-refractivity contribution in [3.63, 3.8) is 0 Å². The Morgan fingerprint density at radius 1 is 1.04 bits per heavy atom. The van der Waals surface area contributed by atoms with Crippen molar-refractivity contribution < 1.29 is 9.32 Å². The number of nitrogens with zero attached hydrogens (tertiary/aromatic N) is 1. The SMILES string of the molecule is CCCCCCCC(C)(CCCCCC)c1cnoc1C(=O)NC. The molecule has 24 heavy (non-hydrogen) atoms. The fourth-order valence-corrected chi connectivity index (χ4v) is 3.40. The third-order valence-electron chi connectivity index (χ3n) is 5.07. The maximum Gasteiger partial charge on any atom is 0.289 e. The number of carbonyl (C=O) groups is 1. The Hall–Kier alpha value is -1.32. The van der Waals surface area contributed by atoms with E-state index >= 15 is 0 Å². The van der Waals surface area contributed by atoms with Crippen LogP contribution in [0.2, 0.25) is 0 Å². The summed E-state index contributed by atoms with van der Waals surface area (Å²) < 4.78 is 5.27. The minimum atomic E-state index is -0.173. The lowest BCUT2D eigenvalue weighted by molar-refractivity contribution is 0.0922. The predicted molar refractivity (Wildman–Crippen MR) is 99.4 cm³/mol. The summed E-state index contributed by atoms with van der Waals surface area (Å²) in [5, 5.41) is 6.59. The van der Waals surface area contributed by atoms with Crippen LogP contribution in [-0.4, -0.2) is 18.1 Å². The second-order valence-electron chi connectivity index (χ2n) is 7.18. The lowest BCUT2D eigenvalue weighted by atomic mass is 9.74. The fraction of sp³-hybridized carbons (Fsp3) is 0.800. The maximum atomic E-state index is 12.1. The molecule has 138 valence electrons. The van der Waals surface area contributed by atoms with Crippen molar-refractivity contribution in [1.29, 1.82) is 0 Å². The van der Waals surface area contributed by atoms with Crippen LogP contribution in [0.25, 0.3) is 0 Å². The molecule has 0 aliphatic rings. The monoisotopic (exact) mass is 336 g/mol. The summed E-state index contributed by atoms with van der Waals surface area (Å²) in [5.41, 5.74) is 0.954. The molecule has 0 aromatic carbocycles. The maximum absolute atomic E-state index is 12.1. The van der Waals surface area contributed by atoms with Gasteiger partial charge in [0.25, 0.3) is 5.91 Å². The van der Waals surface area contributed by atoms with Crippen molar-refractivity contribution in [1.82, 2.24) is 10.5 Å². The average molecular weight is 337 g/mol. The van der Waals surface area contributed by atoms with Gasteiger partial charge in [0.2, 0.25) is 5.76 Å². The van der Waals surface area contributed by atoms with Crippen LogP contribution in [0, 0.1) is 0 Å². The smallest absolute Gasteiger partial charge is 0.289 e. The van der Waals surface area contributed by atoms with Crippen molar-refractivity contribution in [3.8, 4) is 0 Å². The molecule has 1 unspecified atom stereocenters. The molecule has 0 aliphatic heterocycles. The molecule has 1 aromatic heterocycles. The van der Waals surface area contributed by atoms with Crippen LogP contribution >= 0.6 is 0 Å². The Balaban J connectivity index is 2.79. The third kappa shape index (κ3) is 6.29. The zero-order chi connectivity index (χ0) is 17.8. The van der Waals surface area contributed by atoms with Crippen molar-refractivity contribution in [2.45, 2.75) is 96.8 Å². The fourth-order valence-electron chi connectivity index (χ4n) is 3.40. The molecule has 0 aliphatic carbocycles. The van der Waals surface area contributed by atoms with Gasteiger partial charge < -0.3 is 9.84 Å². The summed E-state index contributed by atoms with van der Waals surface area (Å²) >= 11 is 0. The van der Waals surface area contributed by atoms with Gasteiger partial charge in [-0.25, -0.2) is 0 Å². The van der Waals surface area contributed by atoms with Crippen LogP contribution in [0.4, 0.5) is 0 Å². The van der Waals surface area contributed by atoms with Gasteiger partial charge in [0.05, 0.1) is 6.20 Å². The normalized spacial score (nSPS) is 13.7. The van der Waals surface area contributed by atoms with Crippen molar-refractivity contribution >= 4 is 5.91 Å². The van der Waals surface area contributed by atoms with E-state index in [-0.39, 0.29) is 11.3 Å². The van der Waals surface area contributed by atoms with Crippen LogP contribution in [0.3, 0.4) is 0 Å². The number of rotatable bonds is 13. The minimum Gasteiger partial charge on any atom is -0.352 e. The van der Waals surface area contributed by atoms with E-state index in [1.54, 1.807) is 13.2 Å². The summed E-state index contributed by atoms with van der Waals surface area (Å²) in [6.07, 6.45) is 15.2. The summed E-state index contributed by atoms with van der Waals surface area (Å²) in [5.74, 6) is 0.220. The van der Waals surface area contributed by atoms with Gasteiger partial charge in [-0.2, -0.15) is 0 Å². The molecule has 0 saturated heterocycles. The number of hydrogen-bond acceptors (Lipinski definition) is 3. The number of aromatic nitrogens is 1. The Labute approximate surface area is 147 Å². The van der Waals surface area contributed by atoms with Gasteiger partial charge in [-0.1, -0.05) is 83.7 Å². The second kappa shape index (κ2) is 11.3. The van der Waals surface area contributed by atoms with Gasteiger partial charge in [0.15, 0.2) is 0 Å². The number of unbranched alkanes of at least 4 members (excludes halogenated alkanes) is 7. The van der Waals surface area contributed by atoms with Crippen molar-refractivity contribution in [2.24, 2.45) is 0 Å². The van der Waals surface area contributed by atoms with Crippen LogP contribution in [-0.2, 0) is 5.41 Å². The van der Waals surface area contributed by atoms with E-state index in [1.807, 2.05) is 0 Å². The molecule has 1 amide bonds. The van der Waals surface area contributed by atoms with E-state index in [4.69, 9.17) is 4.52 Å². The second-order valence-corrected chi connectivity index (χ2v) is 7.18. The van der Waals surface area contributed by atoms with Crippen LogP contribution in [0.1, 0.15) is 108 Å². The summed E-state index contributed by atoms with van der Waals surface area (Å²) in [6, 6.07) is 0. The first-order chi connectivity index (χ1) is 11.6. The van der Waals surface area contributed by atoms with Gasteiger partial charge in [-0.15, -0.1) is 0 Å².